The molecule has 152 valence electrons. The van der Waals surface area contributed by atoms with Crippen LogP contribution in [0.4, 0.5) is 0 Å². The summed E-state index contributed by atoms with van der Waals surface area (Å²) in [5.41, 5.74) is 9.09. The highest BCUT2D eigenvalue weighted by Crippen LogP contribution is 2.25. The van der Waals surface area contributed by atoms with Gasteiger partial charge in [0.15, 0.2) is 0 Å². The smallest absolute Gasteiger partial charge is 0.0926 e. The molecule has 3 aromatic carbocycles. The van der Waals surface area contributed by atoms with E-state index < -0.39 is 0 Å². The lowest BCUT2D eigenvalue weighted by Gasteiger charge is -2.08. The van der Waals surface area contributed by atoms with Crippen molar-refractivity contribution in [3.8, 4) is 0 Å². The Labute approximate surface area is 178 Å². The third kappa shape index (κ3) is 3.08. The van der Waals surface area contributed by atoms with Gasteiger partial charge < -0.3 is 0 Å². The maximum atomic E-state index is 4.79. The summed E-state index contributed by atoms with van der Waals surface area (Å²) in [4.78, 5) is 0. The summed E-state index contributed by atoms with van der Waals surface area (Å²) in [6.07, 6.45) is 4.81. The molecular weight excluding hydrogens is 384 g/mol. The van der Waals surface area contributed by atoms with Gasteiger partial charge in [-0.15, -0.1) is 0 Å². The van der Waals surface area contributed by atoms with E-state index in [1.165, 1.54) is 33.0 Å². The first kappa shape index (κ1) is 17.9. The van der Waals surface area contributed by atoms with E-state index >= 15 is 0 Å². The van der Waals surface area contributed by atoms with E-state index in [1.807, 2.05) is 10.9 Å². The van der Waals surface area contributed by atoms with Gasteiger partial charge in [0.25, 0.3) is 0 Å². The van der Waals surface area contributed by atoms with Crippen LogP contribution in [0.5, 0.6) is 0 Å². The number of aromatic amines is 2. The minimum atomic E-state index is 0.695. The van der Waals surface area contributed by atoms with Crippen LogP contribution in [0.25, 0.3) is 32.7 Å². The van der Waals surface area contributed by atoms with Crippen LogP contribution in [0, 0.1) is 13.8 Å². The van der Waals surface area contributed by atoms with Gasteiger partial charge in [-0.3, -0.25) is 14.9 Å². The Hall–Kier alpha value is -3.93. The molecule has 0 fully saturated rings. The number of hydrogen-bond acceptors (Lipinski definition) is 3. The Balaban J connectivity index is 1.40. The van der Waals surface area contributed by atoms with E-state index in [0.29, 0.717) is 6.54 Å². The largest absolute Gasteiger partial charge is 0.281 e. The van der Waals surface area contributed by atoms with Gasteiger partial charge in [-0.05, 0) is 54.8 Å². The molecule has 0 spiro atoms. The first-order chi connectivity index (χ1) is 15.1. The number of nitrogens with one attached hydrogen (secondary N) is 2. The molecule has 0 unspecified atom stereocenters. The minimum Gasteiger partial charge on any atom is -0.281 e. The highest BCUT2D eigenvalue weighted by atomic mass is 15.3. The Morgan fingerprint density at radius 2 is 1.84 bits per heavy atom. The SMILES string of the molecule is Cc1ccc2n[nH]c(Cc3cc(Cn4cc5c(C)cccc5n4)c4cn[nH]c4c3)c2c1. The van der Waals surface area contributed by atoms with Crippen molar-refractivity contribution >= 4 is 32.7 Å². The molecule has 6 aromatic rings. The van der Waals surface area contributed by atoms with Gasteiger partial charge in [0, 0.05) is 34.5 Å². The normalized spacial score (nSPS) is 11.8. The summed E-state index contributed by atoms with van der Waals surface area (Å²) < 4.78 is 2.03. The minimum absolute atomic E-state index is 0.695. The molecule has 31 heavy (non-hydrogen) atoms. The molecule has 3 aromatic heterocycles. The van der Waals surface area contributed by atoms with Gasteiger partial charge in [0.05, 0.1) is 29.3 Å². The lowest BCUT2D eigenvalue weighted by atomic mass is 10.0. The van der Waals surface area contributed by atoms with Gasteiger partial charge in [-0.25, -0.2) is 0 Å². The lowest BCUT2D eigenvalue weighted by molar-refractivity contribution is 0.698. The number of hydrogen-bond donors (Lipinski definition) is 2. The summed E-state index contributed by atoms with van der Waals surface area (Å²) in [5.74, 6) is 0. The number of fused-ring (bicyclic) bond motifs is 3. The quantitative estimate of drug-likeness (QED) is 0.430. The fourth-order valence-electron chi connectivity index (χ4n) is 4.43. The molecule has 0 atom stereocenters. The summed E-state index contributed by atoms with van der Waals surface area (Å²) >= 11 is 0. The van der Waals surface area contributed by atoms with Crippen LogP contribution in [-0.4, -0.2) is 30.2 Å². The van der Waals surface area contributed by atoms with Gasteiger partial charge in [0.2, 0.25) is 0 Å². The van der Waals surface area contributed by atoms with Crippen molar-refractivity contribution in [1.82, 2.24) is 30.2 Å². The van der Waals surface area contributed by atoms with Crippen molar-refractivity contribution in [3.63, 3.8) is 0 Å². The molecule has 6 heteroatoms. The van der Waals surface area contributed by atoms with Gasteiger partial charge in [-0.1, -0.05) is 29.8 Å². The first-order valence-corrected chi connectivity index (χ1v) is 10.5. The van der Waals surface area contributed by atoms with E-state index in [9.17, 15) is 0 Å². The predicted molar refractivity (Wildman–Crippen MR) is 123 cm³/mol. The van der Waals surface area contributed by atoms with Gasteiger partial charge in [-0.2, -0.15) is 15.3 Å². The number of benzene rings is 3. The van der Waals surface area contributed by atoms with Crippen LogP contribution in [0.1, 0.15) is 27.9 Å². The predicted octanol–water partition coefficient (Wildman–Crippen LogP) is 5.04. The molecule has 0 aliphatic rings. The molecule has 6 nitrogen and oxygen atoms in total. The second-order valence-electron chi connectivity index (χ2n) is 8.32. The number of aromatic nitrogens is 6. The van der Waals surface area contributed by atoms with Crippen molar-refractivity contribution in [2.24, 2.45) is 0 Å². The number of aryl methyl sites for hydroxylation is 2. The molecule has 0 saturated heterocycles. The monoisotopic (exact) mass is 406 g/mol. The van der Waals surface area contributed by atoms with Crippen molar-refractivity contribution in [3.05, 3.63) is 88.9 Å². The Morgan fingerprint density at radius 1 is 0.903 bits per heavy atom. The van der Waals surface area contributed by atoms with Crippen molar-refractivity contribution < 1.29 is 0 Å². The Bertz CT molecular complexity index is 1570. The molecule has 0 bridgehead atoms. The second-order valence-corrected chi connectivity index (χ2v) is 8.32. The van der Waals surface area contributed by atoms with Crippen molar-refractivity contribution in [2.75, 3.05) is 0 Å². The first-order valence-electron chi connectivity index (χ1n) is 10.5. The van der Waals surface area contributed by atoms with E-state index in [2.05, 4.69) is 89.0 Å². The van der Waals surface area contributed by atoms with Gasteiger partial charge >= 0.3 is 0 Å². The summed E-state index contributed by atoms with van der Waals surface area (Å²) in [5, 5.41) is 23.4. The fourth-order valence-corrected chi connectivity index (χ4v) is 4.43. The molecule has 0 saturated carbocycles. The third-order valence-corrected chi connectivity index (χ3v) is 6.02. The van der Waals surface area contributed by atoms with E-state index in [1.54, 1.807) is 0 Å². The standard InChI is InChI=1S/C25H22N6/c1-15-6-7-22-19(8-15)24(29-28-22)10-17-9-18(20-12-26-27-25(20)11-17)13-31-14-21-16(2)4-3-5-23(21)30-31/h3-9,11-12,14H,10,13H2,1-2H3,(H,26,27)(H,28,29). The molecule has 3 heterocycles. The zero-order valence-electron chi connectivity index (χ0n) is 17.5. The lowest BCUT2D eigenvalue weighted by Crippen LogP contribution is -2.02. The van der Waals surface area contributed by atoms with E-state index in [4.69, 9.17) is 5.10 Å². The number of nitrogens with zero attached hydrogens (tertiary/aromatic N) is 4. The zero-order valence-corrected chi connectivity index (χ0v) is 17.5. The van der Waals surface area contributed by atoms with Crippen LogP contribution in [-0.2, 0) is 13.0 Å². The van der Waals surface area contributed by atoms with Crippen LogP contribution in [0.2, 0.25) is 0 Å². The molecular formula is C25H22N6. The number of H-pyrrole nitrogens is 2. The Kier molecular flexibility index (Phi) is 3.93. The maximum absolute atomic E-state index is 4.79. The van der Waals surface area contributed by atoms with Crippen molar-refractivity contribution in [2.45, 2.75) is 26.8 Å². The fraction of sp³-hybridized carbons (Fsp3) is 0.160. The van der Waals surface area contributed by atoms with Crippen LogP contribution in [0.3, 0.4) is 0 Å². The Morgan fingerprint density at radius 3 is 2.74 bits per heavy atom. The molecule has 2 N–H and O–H groups in total. The molecule has 6 rings (SSSR count). The van der Waals surface area contributed by atoms with E-state index in [-0.39, 0.29) is 0 Å². The summed E-state index contributed by atoms with van der Waals surface area (Å²) in [7, 11) is 0. The summed E-state index contributed by atoms with van der Waals surface area (Å²) in [6, 6.07) is 17.0. The number of rotatable bonds is 4. The van der Waals surface area contributed by atoms with Crippen LogP contribution >= 0.6 is 0 Å². The zero-order chi connectivity index (χ0) is 20.9. The third-order valence-electron chi connectivity index (χ3n) is 6.02. The van der Waals surface area contributed by atoms with Crippen LogP contribution < -0.4 is 0 Å². The van der Waals surface area contributed by atoms with Crippen molar-refractivity contribution in [1.29, 1.82) is 0 Å². The molecule has 0 amide bonds. The summed E-state index contributed by atoms with van der Waals surface area (Å²) in [6.45, 7) is 4.93. The molecule has 0 radical (unpaired) electrons. The van der Waals surface area contributed by atoms with E-state index in [0.717, 1.165) is 34.1 Å². The second kappa shape index (κ2) is 6.80. The van der Waals surface area contributed by atoms with Gasteiger partial charge in [0.1, 0.15) is 0 Å². The van der Waals surface area contributed by atoms with Crippen LogP contribution in [0.15, 0.2) is 60.9 Å². The topological polar surface area (TPSA) is 75.2 Å². The average Bonchev–Trinajstić information content (AvgIpc) is 3.47. The molecule has 0 aliphatic carbocycles. The maximum Gasteiger partial charge on any atom is 0.0926 e. The average molecular weight is 406 g/mol. The highest BCUT2D eigenvalue weighted by Gasteiger charge is 2.12. The molecule has 0 aliphatic heterocycles. The highest BCUT2D eigenvalue weighted by molar-refractivity contribution is 5.85.